The number of likely N-dealkylation sites (N-methyl/N-ethyl adjacent to an activating group) is 1. The van der Waals surface area contributed by atoms with E-state index < -0.39 is 12.1 Å². The number of aromatic nitrogens is 2. The van der Waals surface area contributed by atoms with Crippen molar-refractivity contribution < 1.29 is 23.9 Å². The Hall–Kier alpha value is -3.32. The third-order valence-corrected chi connectivity index (χ3v) is 9.13. The first kappa shape index (κ1) is 33.1. The lowest BCUT2D eigenvalue weighted by Crippen LogP contribution is -2.33. The van der Waals surface area contributed by atoms with Crippen LogP contribution in [0.1, 0.15) is 61.1 Å². The van der Waals surface area contributed by atoms with Crippen molar-refractivity contribution in [2.75, 3.05) is 51.8 Å². The molecule has 0 aliphatic carbocycles. The molecule has 0 saturated carbocycles. The lowest BCUT2D eigenvalue weighted by Gasteiger charge is -2.31. The average Bonchev–Trinajstić information content (AvgIpc) is 3.53. The number of amides is 1. The number of alkyl halides is 1. The number of hydrogen-bond donors (Lipinski definition) is 2. The molecule has 2 fully saturated rings. The standard InChI is InChI=1S/C25H31ClN6O4.C7H12FN/c1-4-16-17(7-5-8-19(16)26)22-12-21-18(14-36-22)23(30-25(29-21)35-3)32-10-6-9-28-15(13-32)11-20(27)24(33)31(2)34;8-6-4-7-2-1-3-9(7)5-6/h5,7-8,11,22,34H,4,6,9-10,12-14,27H2,1-3H3;6-7H,1-5H2/b20-11-;. The zero-order valence-electron chi connectivity index (χ0n) is 26.2. The van der Waals surface area contributed by atoms with E-state index in [2.05, 4.69) is 37.8 Å². The van der Waals surface area contributed by atoms with Gasteiger partial charge in [0.05, 0.1) is 37.8 Å². The van der Waals surface area contributed by atoms with Gasteiger partial charge in [-0.3, -0.25) is 19.9 Å². The molecule has 1 amide bonds. The molecule has 6 rings (SSSR count). The minimum Gasteiger partial charge on any atom is -0.467 e. The van der Waals surface area contributed by atoms with E-state index in [4.69, 9.17) is 26.8 Å². The number of aliphatic imine (C=N–C) groups is 1. The molecule has 3 unspecified atom stereocenters. The molecule has 4 aliphatic heterocycles. The number of nitrogens with zero attached hydrogens (tertiary/aromatic N) is 6. The second-order valence-corrected chi connectivity index (χ2v) is 12.2. The molecule has 3 N–H and O–H groups in total. The molecule has 2 aromatic rings. The van der Waals surface area contributed by atoms with Gasteiger partial charge in [-0.05, 0) is 61.9 Å². The van der Waals surface area contributed by atoms with Crippen LogP contribution in [0, 0.1) is 0 Å². The Kier molecular flexibility index (Phi) is 10.9. The van der Waals surface area contributed by atoms with Crippen molar-refractivity contribution >= 4 is 29.0 Å². The number of ether oxygens (including phenoxy) is 2. The molecule has 0 spiro atoms. The van der Waals surface area contributed by atoms with E-state index in [1.54, 1.807) is 7.11 Å². The van der Waals surface area contributed by atoms with E-state index >= 15 is 0 Å². The average molecular weight is 644 g/mol. The Balaban J connectivity index is 0.000000377. The Morgan fingerprint density at radius 2 is 2.13 bits per heavy atom. The molecule has 4 aliphatic rings. The minimum atomic E-state index is -0.693. The highest BCUT2D eigenvalue weighted by molar-refractivity contribution is 6.31. The molecule has 11 nitrogen and oxygen atoms in total. The number of nitrogens with two attached hydrogens (primary N) is 1. The first-order valence-corrected chi connectivity index (χ1v) is 16.0. The van der Waals surface area contributed by atoms with Crippen molar-refractivity contribution in [3.8, 4) is 6.01 Å². The molecule has 0 bridgehead atoms. The second-order valence-electron chi connectivity index (χ2n) is 11.8. The van der Waals surface area contributed by atoms with Crippen LogP contribution in [0.25, 0.3) is 0 Å². The van der Waals surface area contributed by atoms with Gasteiger partial charge in [0.2, 0.25) is 0 Å². The highest BCUT2D eigenvalue weighted by Gasteiger charge is 2.35. The maximum atomic E-state index is 12.6. The van der Waals surface area contributed by atoms with Crippen molar-refractivity contribution in [2.45, 2.75) is 70.4 Å². The second kappa shape index (κ2) is 14.8. The highest BCUT2D eigenvalue weighted by Crippen LogP contribution is 2.37. The minimum absolute atomic E-state index is 0.0951. The van der Waals surface area contributed by atoms with E-state index in [1.165, 1.54) is 26.0 Å². The maximum absolute atomic E-state index is 12.6. The molecular weight excluding hydrogens is 601 g/mol. The fraction of sp³-hybridized carbons (Fsp3) is 0.562. The predicted molar refractivity (Wildman–Crippen MR) is 171 cm³/mol. The summed E-state index contributed by atoms with van der Waals surface area (Å²) >= 11 is 6.46. The summed E-state index contributed by atoms with van der Waals surface area (Å²) in [6, 6.07) is 6.79. The molecule has 0 radical (unpaired) electrons. The first-order valence-electron chi connectivity index (χ1n) is 15.6. The fourth-order valence-corrected chi connectivity index (χ4v) is 6.88. The topological polar surface area (TPSA) is 130 Å². The number of carbonyl (C=O) groups is 1. The first-order chi connectivity index (χ1) is 21.7. The number of rotatable bonds is 6. The summed E-state index contributed by atoms with van der Waals surface area (Å²) in [5.74, 6) is 0.0192. The number of hydrogen-bond acceptors (Lipinski definition) is 10. The maximum Gasteiger partial charge on any atom is 0.318 e. The molecule has 13 heteroatoms. The van der Waals surface area contributed by atoms with E-state index in [0.717, 1.165) is 53.2 Å². The number of hydroxylamine groups is 2. The van der Waals surface area contributed by atoms with Gasteiger partial charge >= 0.3 is 6.01 Å². The largest absolute Gasteiger partial charge is 0.467 e. The van der Waals surface area contributed by atoms with Gasteiger partial charge in [-0.1, -0.05) is 30.7 Å². The molecule has 244 valence electrons. The van der Waals surface area contributed by atoms with Crippen molar-refractivity contribution in [1.29, 1.82) is 0 Å². The number of anilines is 1. The van der Waals surface area contributed by atoms with Crippen LogP contribution in [0.2, 0.25) is 5.02 Å². The summed E-state index contributed by atoms with van der Waals surface area (Å²) in [4.78, 5) is 30.2. The van der Waals surface area contributed by atoms with E-state index in [0.29, 0.717) is 61.8 Å². The summed E-state index contributed by atoms with van der Waals surface area (Å²) in [5.41, 5.74) is 10.3. The number of carbonyl (C=O) groups excluding carboxylic acids is 1. The smallest absolute Gasteiger partial charge is 0.318 e. The van der Waals surface area contributed by atoms with Crippen molar-refractivity contribution in [1.82, 2.24) is 19.9 Å². The van der Waals surface area contributed by atoms with Gasteiger partial charge < -0.3 is 20.1 Å². The SMILES string of the molecule is CCc1c(Cl)cccc1C1Cc2nc(OC)nc(N3CCCN=C(/C=C(\N)C(=O)N(C)O)C3)c2CO1.FC1CC2CCCN2C1. The lowest BCUT2D eigenvalue weighted by atomic mass is 9.94. The van der Waals surface area contributed by atoms with Gasteiger partial charge in [0.25, 0.3) is 5.91 Å². The monoisotopic (exact) mass is 643 g/mol. The summed E-state index contributed by atoms with van der Waals surface area (Å²) in [6.07, 6.45) is 6.29. The molecule has 3 atom stereocenters. The van der Waals surface area contributed by atoms with Gasteiger partial charge in [0, 0.05) is 49.7 Å². The Morgan fingerprint density at radius 1 is 1.31 bits per heavy atom. The third kappa shape index (κ3) is 7.74. The summed E-state index contributed by atoms with van der Waals surface area (Å²) in [5, 5.41) is 10.6. The van der Waals surface area contributed by atoms with Crippen LogP contribution in [0.15, 0.2) is 35.0 Å². The Bertz CT molecular complexity index is 1430. The zero-order valence-corrected chi connectivity index (χ0v) is 27.0. The third-order valence-electron chi connectivity index (χ3n) is 8.77. The van der Waals surface area contributed by atoms with Crippen LogP contribution in [0.5, 0.6) is 6.01 Å². The molecule has 5 heterocycles. The van der Waals surface area contributed by atoms with Crippen LogP contribution in [0.4, 0.5) is 10.2 Å². The summed E-state index contributed by atoms with van der Waals surface area (Å²) in [7, 11) is 2.77. The van der Waals surface area contributed by atoms with Crippen molar-refractivity contribution in [3.05, 3.63) is 57.4 Å². The van der Waals surface area contributed by atoms with Crippen LogP contribution >= 0.6 is 11.6 Å². The fourth-order valence-electron chi connectivity index (χ4n) is 6.57. The molecular formula is C32H43ClFN7O4. The van der Waals surface area contributed by atoms with Crippen LogP contribution < -0.4 is 15.4 Å². The molecule has 1 aromatic heterocycles. The number of fused-ring (bicyclic) bond motifs is 2. The quantitative estimate of drug-likeness (QED) is 0.272. The Labute approximate surface area is 268 Å². The van der Waals surface area contributed by atoms with Crippen molar-refractivity contribution in [2.24, 2.45) is 10.7 Å². The van der Waals surface area contributed by atoms with E-state index in [-0.39, 0.29) is 17.8 Å². The zero-order chi connectivity index (χ0) is 32.1. The molecule has 45 heavy (non-hydrogen) atoms. The van der Waals surface area contributed by atoms with Crippen molar-refractivity contribution in [3.63, 3.8) is 0 Å². The van der Waals surface area contributed by atoms with E-state index in [9.17, 15) is 14.4 Å². The molecule has 2 saturated heterocycles. The summed E-state index contributed by atoms with van der Waals surface area (Å²) < 4.78 is 24.4. The highest BCUT2D eigenvalue weighted by atomic mass is 35.5. The van der Waals surface area contributed by atoms with Gasteiger partial charge in [-0.15, -0.1) is 0 Å². The molecule has 1 aromatic carbocycles. The summed E-state index contributed by atoms with van der Waals surface area (Å²) in [6.45, 7) is 5.93. The van der Waals surface area contributed by atoms with Gasteiger partial charge in [-0.2, -0.15) is 9.97 Å². The number of methoxy groups -OCH3 is 1. The van der Waals surface area contributed by atoms with Crippen LogP contribution in [0.3, 0.4) is 0 Å². The predicted octanol–water partition coefficient (Wildman–Crippen LogP) is 4.05. The van der Waals surface area contributed by atoms with Gasteiger partial charge in [-0.25, -0.2) is 9.45 Å². The van der Waals surface area contributed by atoms with E-state index in [1.807, 2.05) is 12.1 Å². The van der Waals surface area contributed by atoms with Gasteiger partial charge in [0.15, 0.2) is 0 Å². The van der Waals surface area contributed by atoms with Gasteiger partial charge in [0.1, 0.15) is 17.7 Å². The normalized spacial score (nSPS) is 23.3. The lowest BCUT2D eigenvalue weighted by molar-refractivity contribution is -0.154. The number of halogens is 2. The van der Waals surface area contributed by atoms with Crippen LogP contribution in [-0.4, -0.2) is 95.9 Å². The Morgan fingerprint density at radius 3 is 2.87 bits per heavy atom. The number of benzene rings is 1. The van der Waals surface area contributed by atoms with Crippen LogP contribution in [-0.2, 0) is 29.0 Å².